The van der Waals surface area contributed by atoms with Gasteiger partial charge in [-0.25, -0.2) is 0 Å². The second kappa shape index (κ2) is 6.00. The van der Waals surface area contributed by atoms with Gasteiger partial charge < -0.3 is 9.49 Å². The highest BCUT2D eigenvalue weighted by molar-refractivity contribution is 7.64. The van der Waals surface area contributed by atoms with Crippen molar-refractivity contribution in [3.8, 4) is 0 Å². The van der Waals surface area contributed by atoms with Gasteiger partial charge in [-0.1, -0.05) is 0 Å². The predicted molar refractivity (Wildman–Crippen MR) is 66.1 cm³/mol. The van der Waals surface area contributed by atoms with Crippen molar-refractivity contribution in [2.24, 2.45) is 9.49 Å². The number of hydrogen-bond donors (Lipinski definition) is 0. The van der Waals surface area contributed by atoms with Crippen molar-refractivity contribution < 1.29 is 0 Å². The molecule has 0 aromatic carbocycles. The van der Waals surface area contributed by atoms with Crippen LogP contribution in [0.5, 0.6) is 0 Å². The van der Waals surface area contributed by atoms with Gasteiger partial charge >= 0.3 is 0 Å². The van der Waals surface area contributed by atoms with Gasteiger partial charge in [-0.3, -0.25) is 0 Å². The summed E-state index contributed by atoms with van der Waals surface area (Å²) >= 11 is 0. The molecule has 0 spiro atoms. The number of hydrogen-bond acceptors (Lipinski definition) is 2. The topological polar surface area (TPSA) is 24.7 Å². The van der Waals surface area contributed by atoms with Crippen LogP contribution in [0, 0.1) is 0 Å². The van der Waals surface area contributed by atoms with Crippen molar-refractivity contribution in [3.05, 3.63) is 0 Å². The molecule has 2 nitrogen and oxygen atoms in total. The van der Waals surface area contributed by atoms with Gasteiger partial charge in [-0.2, -0.15) is 0 Å². The Morgan fingerprint density at radius 3 is 0.667 bits per heavy atom. The zero-order valence-corrected chi connectivity index (χ0v) is 11.6. The van der Waals surface area contributed by atoms with Crippen LogP contribution in [0.4, 0.5) is 0 Å². The lowest BCUT2D eigenvalue weighted by Crippen LogP contribution is -1.65. The van der Waals surface area contributed by atoms with E-state index < -0.39 is 14.1 Å². The van der Waals surface area contributed by atoms with Gasteiger partial charge in [0.15, 0.2) is 0 Å². The minimum absolute atomic E-state index is 0.772. The molecule has 0 aliphatic carbocycles. The van der Waals surface area contributed by atoms with Crippen molar-refractivity contribution in [1.82, 2.24) is 0 Å². The molecule has 0 unspecified atom stereocenters. The minimum atomic E-state index is -0.772. The monoisotopic (exact) mass is 210 g/mol. The van der Waals surface area contributed by atoms with Crippen molar-refractivity contribution >= 4 is 14.1 Å². The summed E-state index contributed by atoms with van der Waals surface area (Å²) in [7, 11) is 2.22. The van der Waals surface area contributed by atoms with Crippen LogP contribution in [-0.4, -0.2) is 54.1 Å². The fourth-order valence-electron chi connectivity index (χ4n) is 0. The molecule has 0 fully saturated rings. The van der Waals surface area contributed by atoms with Gasteiger partial charge in [0.2, 0.25) is 0 Å². The van der Waals surface area contributed by atoms with Crippen LogP contribution in [0.15, 0.2) is 9.49 Å². The third-order valence-electron chi connectivity index (χ3n) is 1.20. The van der Waals surface area contributed by atoms with Crippen LogP contribution in [0.2, 0.25) is 0 Å². The van der Waals surface area contributed by atoms with E-state index in [2.05, 4.69) is 49.5 Å². The summed E-state index contributed by atoms with van der Waals surface area (Å²) in [4.78, 5) is 0. The van der Waals surface area contributed by atoms with Crippen molar-refractivity contribution in [2.75, 3.05) is 54.1 Å². The van der Waals surface area contributed by atoms with Gasteiger partial charge in [0, 0.05) is 14.1 Å². The van der Waals surface area contributed by atoms with Gasteiger partial charge in [-0.05, 0) is 54.1 Å². The summed E-state index contributed by atoms with van der Waals surface area (Å²) in [6.07, 6.45) is 0. The Hall–Kier alpha value is 0.460. The maximum absolute atomic E-state index is 4.13. The Labute approximate surface area is 78.3 Å². The van der Waals surface area contributed by atoms with Crippen LogP contribution in [0.3, 0.4) is 0 Å². The maximum atomic E-state index is 4.13. The summed E-state index contributed by atoms with van der Waals surface area (Å²) in [5, 5.41) is 0. The average molecular weight is 210 g/mol. The highest BCUT2D eigenvalue weighted by Crippen LogP contribution is 2.34. The van der Waals surface area contributed by atoms with E-state index in [1.165, 1.54) is 0 Å². The zero-order valence-electron chi connectivity index (χ0n) is 9.79. The van der Waals surface area contributed by atoms with E-state index in [4.69, 9.17) is 0 Å². The normalized spacial score (nSPS) is 11.3. The van der Waals surface area contributed by atoms with Crippen LogP contribution in [0.25, 0.3) is 0 Å². The molecule has 76 valence electrons. The van der Waals surface area contributed by atoms with E-state index in [0.29, 0.717) is 0 Å². The second-order valence-electron chi connectivity index (χ2n) is 4.28. The first-order valence-corrected chi connectivity index (χ1v) is 10.1. The summed E-state index contributed by atoms with van der Waals surface area (Å²) in [6, 6.07) is 0. The Morgan fingerprint density at radius 2 is 0.667 bits per heavy atom. The third kappa shape index (κ3) is 22.4. The lowest BCUT2D eigenvalue weighted by molar-refractivity contribution is 1.48. The molecule has 0 radical (unpaired) electrons. The second-order valence-corrected chi connectivity index (χ2v) is 12.8. The van der Waals surface area contributed by atoms with E-state index in [1.807, 2.05) is 14.1 Å². The molecule has 4 heteroatoms. The van der Waals surface area contributed by atoms with Crippen molar-refractivity contribution in [1.29, 1.82) is 0 Å². The molecule has 0 aliphatic heterocycles. The zero-order chi connectivity index (χ0) is 10.4. The highest BCUT2D eigenvalue weighted by atomic mass is 31.2. The van der Waals surface area contributed by atoms with E-state index in [-0.39, 0.29) is 0 Å². The molecule has 0 rings (SSSR count). The van der Waals surface area contributed by atoms with Gasteiger partial charge in [0.05, 0.1) is 0 Å². The summed E-state index contributed by atoms with van der Waals surface area (Å²) in [5.74, 6) is 0. The Bertz CT molecular complexity index is 167. The van der Waals surface area contributed by atoms with E-state index >= 15 is 0 Å². The lowest BCUT2D eigenvalue weighted by Gasteiger charge is -1.99. The van der Waals surface area contributed by atoms with Crippen LogP contribution in [-0.2, 0) is 0 Å². The molecule has 0 N–H and O–H groups in total. The number of nitrogens with zero attached hydrogens (tertiary/aromatic N) is 2. The van der Waals surface area contributed by atoms with Gasteiger partial charge in [-0.15, -0.1) is 0 Å². The predicted octanol–water partition coefficient (Wildman–Crippen LogP) is 3.41. The average Bonchev–Trinajstić information content (AvgIpc) is 1.86. The summed E-state index contributed by atoms with van der Waals surface area (Å²) in [6.45, 7) is 13.1. The van der Waals surface area contributed by atoms with Gasteiger partial charge in [0.25, 0.3) is 0 Å². The molecule has 0 saturated heterocycles. The smallest absolute Gasteiger partial charge is 0.0261 e. The molecular formula is C8H24N2P2. The summed E-state index contributed by atoms with van der Waals surface area (Å²) in [5.41, 5.74) is 0. The fourth-order valence-corrected chi connectivity index (χ4v) is 0. The first kappa shape index (κ1) is 15.0. The maximum Gasteiger partial charge on any atom is 0.0261 e. The molecule has 0 aromatic heterocycles. The van der Waals surface area contributed by atoms with E-state index in [1.54, 1.807) is 0 Å². The number of rotatable bonds is 0. The Balaban J connectivity index is 0. The molecule has 0 heterocycles. The first-order valence-electron chi connectivity index (χ1n) is 3.98. The molecule has 0 aromatic rings. The van der Waals surface area contributed by atoms with E-state index in [0.717, 1.165) is 0 Å². The van der Waals surface area contributed by atoms with Crippen LogP contribution < -0.4 is 0 Å². The van der Waals surface area contributed by atoms with Crippen LogP contribution >= 0.6 is 14.1 Å². The lowest BCUT2D eigenvalue weighted by atomic mass is 11.6. The molecule has 0 aliphatic rings. The minimum Gasteiger partial charge on any atom is -0.307 e. The standard InChI is InChI=1S/2C4H12NP/c2*1-5-6(2,3)4/h2*1-4H3. The third-order valence-corrected chi connectivity index (χ3v) is 3.60. The molecule has 12 heavy (non-hydrogen) atoms. The van der Waals surface area contributed by atoms with E-state index in [9.17, 15) is 0 Å². The Morgan fingerprint density at radius 1 is 0.583 bits per heavy atom. The molecule has 0 atom stereocenters. The largest absolute Gasteiger partial charge is 0.307 e. The van der Waals surface area contributed by atoms with Crippen molar-refractivity contribution in [2.45, 2.75) is 0 Å². The molecule has 0 amide bonds. The van der Waals surface area contributed by atoms with Crippen molar-refractivity contribution in [3.63, 3.8) is 0 Å². The fraction of sp³-hybridized carbons (Fsp3) is 1.00. The quantitative estimate of drug-likeness (QED) is 0.547. The van der Waals surface area contributed by atoms with Crippen LogP contribution in [0.1, 0.15) is 0 Å². The Kier molecular flexibility index (Phi) is 7.47. The first-order chi connectivity index (χ1) is 5.12. The van der Waals surface area contributed by atoms with Gasteiger partial charge in [0.1, 0.15) is 0 Å². The molecule has 0 saturated carbocycles. The molecule has 0 bridgehead atoms. The highest BCUT2D eigenvalue weighted by Gasteiger charge is 1.87. The summed E-state index contributed by atoms with van der Waals surface area (Å²) < 4.78 is 8.26. The SMILES string of the molecule is CN=P(C)(C)C.CN=P(C)(C)C. The molecular weight excluding hydrogens is 186 g/mol.